The number of benzene rings is 2. The Balaban J connectivity index is 2.26. The van der Waals surface area contributed by atoms with Gasteiger partial charge in [-0.25, -0.2) is 0 Å². The molecule has 22 heavy (non-hydrogen) atoms. The summed E-state index contributed by atoms with van der Waals surface area (Å²) in [6.45, 7) is 1.90. The molecule has 7 heteroatoms. The third-order valence-corrected chi connectivity index (χ3v) is 4.91. The van der Waals surface area contributed by atoms with Gasteiger partial charge in [0.25, 0.3) is 10.0 Å². The van der Waals surface area contributed by atoms with Crippen LogP contribution in [0, 0.1) is 0 Å². The number of nitrogens with zero attached hydrogens (tertiary/aromatic N) is 1. The van der Waals surface area contributed by atoms with E-state index in [1.54, 1.807) is 30.3 Å². The monoisotopic (exact) mass is 400 g/mol. The Kier molecular flexibility index (Phi) is 5.61. The van der Waals surface area contributed by atoms with Crippen LogP contribution in [-0.2, 0) is 10.0 Å². The van der Waals surface area contributed by atoms with E-state index >= 15 is 0 Å². The van der Waals surface area contributed by atoms with Crippen molar-refractivity contribution >= 4 is 43.3 Å². The fourth-order valence-corrected chi connectivity index (χ4v) is 3.08. The van der Waals surface area contributed by atoms with Crippen LogP contribution in [0.1, 0.15) is 18.9 Å². The Morgan fingerprint density at radius 2 is 1.91 bits per heavy atom. The van der Waals surface area contributed by atoms with Crippen LogP contribution in [0.15, 0.2) is 63.0 Å². The molecule has 116 valence electrons. The number of nitrogens with one attached hydrogen (secondary N) is 1. The van der Waals surface area contributed by atoms with Crippen LogP contribution < -0.4 is 4.83 Å². The zero-order chi connectivity index (χ0) is 16.2. The van der Waals surface area contributed by atoms with Gasteiger partial charge in [0, 0.05) is 9.50 Å². The van der Waals surface area contributed by atoms with E-state index in [-0.39, 0.29) is 4.90 Å². The van der Waals surface area contributed by atoms with Crippen molar-refractivity contribution in [1.82, 2.24) is 4.83 Å². The summed E-state index contributed by atoms with van der Waals surface area (Å²) in [6, 6.07) is 13.5. The first-order valence-corrected chi connectivity index (χ1v) is 9.17. The Labute approximate surface area is 143 Å². The number of halogens is 2. The molecular formula is C15H14BrClN2O2S. The number of rotatable bonds is 5. The fraction of sp³-hybridized carbons (Fsp3) is 0.133. The van der Waals surface area contributed by atoms with E-state index in [1.165, 1.54) is 12.1 Å². The summed E-state index contributed by atoms with van der Waals surface area (Å²) in [5.74, 6) is 0. The molecule has 0 radical (unpaired) electrons. The summed E-state index contributed by atoms with van der Waals surface area (Å²) < 4.78 is 25.2. The van der Waals surface area contributed by atoms with Gasteiger partial charge in [-0.05, 0) is 48.4 Å². The molecule has 1 N–H and O–H groups in total. The summed E-state index contributed by atoms with van der Waals surface area (Å²) >= 11 is 9.22. The molecule has 0 aliphatic carbocycles. The van der Waals surface area contributed by atoms with Crippen LogP contribution in [0.2, 0.25) is 5.02 Å². The van der Waals surface area contributed by atoms with Crippen molar-refractivity contribution in [3.63, 3.8) is 0 Å². The largest absolute Gasteiger partial charge is 0.276 e. The first-order valence-electron chi connectivity index (χ1n) is 6.52. The summed E-state index contributed by atoms with van der Waals surface area (Å²) in [7, 11) is -3.69. The van der Waals surface area contributed by atoms with E-state index in [1.807, 2.05) is 13.0 Å². The summed E-state index contributed by atoms with van der Waals surface area (Å²) in [5, 5.41) is 4.61. The minimum absolute atomic E-state index is 0.154. The highest BCUT2D eigenvalue weighted by molar-refractivity contribution is 9.10. The second-order valence-electron chi connectivity index (χ2n) is 4.47. The van der Waals surface area contributed by atoms with Crippen molar-refractivity contribution in [2.45, 2.75) is 18.2 Å². The van der Waals surface area contributed by atoms with Gasteiger partial charge in [-0.3, -0.25) is 0 Å². The van der Waals surface area contributed by atoms with Gasteiger partial charge in [0.1, 0.15) is 0 Å². The van der Waals surface area contributed by atoms with Crippen molar-refractivity contribution < 1.29 is 8.42 Å². The first-order chi connectivity index (χ1) is 10.4. The quantitative estimate of drug-likeness (QED) is 0.603. The molecule has 0 bridgehead atoms. The van der Waals surface area contributed by atoms with E-state index in [0.29, 0.717) is 17.2 Å². The molecule has 0 aliphatic rings. The predicted molar refractivity (Wildman–Crippen MR) is 92.7 cm³/mol. The van der Waals surface area contributed by atoms with Crippen molar-refractivity contribution in [2.24, 2.45) is 5.10 Å². The van der Waals surface area contributed by atoms with E-state index in [0.717, 1.165) is 10.0 Å². The molecule has 2 aromatic carbocycles. The van der Waals surface area contributed by atoms with E-state index in [4.69, 9.17) is 11.6 Å². The maximum atomic E-state index is 12.2. The Hall–Kier alpha value is -1.37. The molecule has 0 saturated carbocycles. The number of hydrogen-bond acceptors (Lipinski definition) is 3. The van der Waals surface area contributed by atoms with E-state index in [2.05, 4.69) is 25.9 Å². The number of hydrogen-bond donors (Lipinski definition) is 1. The minimum atomic E-state index is -3.69. The first kappa shape index (κ1) is 17.0. The van der Waals surface area contributed by atoms with Crippen LogP contribution in [0.4, 0.5) is 0 Å². The molecule has 0 saturated heterocycles. The van der Waals surface area contributed by atoms with Crippen LogP contribution in [-0.4, -0.2) is 14.1 Å². The van der Waals surface area contributed by atoms with E-state index < -0.39 is 10.0 Å². The van der Waals surface area contributed by atoms with Gasteiger partial charge in [-0.2, -0.15) is 18.4 Å². The standard InChI is InChI=1S/C15H14BrClN2O2S/c1-2-15(11-4-3-5-13(17)10-11)18-19-22(20,21)14-8-6-12(16)7-9-14/h3-10,19H,2H2,1H3. The molecular weight excluding hydrogens is 388 g/mol. The highest BCUT2D eigenvalue weighted by Gasteiger charge is 2.13. The maximum Gasteiger partial charge on any atom is 0.276 e. The Morgan fingerprint density at radius 3 is 2.50 bits per heavy atom. The number of sulfonamides is 1. The molecule has 2 rings (SSSR count). The Morgan fingerprint density at radius 1 is 1.23 bits per heavy atom. The lowest BCUT2D eigenvalue weighted by atomic mass is 10.1. The van der Waals surface area contributed by atoms with Gasteiger partial charge in [0.2, 0.25) is 0 Å². The normalized spacial score (nSPS) is 12.2. The SMILES string of the molecule is CCC(=NNS(=O)(=O)c1ccc(Br)cc1)c1cccc(Cl)c1. The number of hydrazone groups is 1. The van der Waals surface area contributed by atoms with Gasteiger partial charge in [-0.1, -0.05) is 46.6 Å². The molecule has 0 amide bonds. The summed E-state index contributed by atoms with van der Waals surface area (Å²) in [6.07, 6.45) is 0.573. The molecule has 0 aliphatic heterocycles. The zero-order valence-corrected chi connectivity index (χ0v) is 14.9. The van der Waals surface area contributed by atoms with E-state index in [9.17, 15) is 8.42 Å². The summed E-state index contributed by atoms with van der Waals surface area (Å²) in [4.78, 5) is 2.42. The lowest BCUT2D eigenvalue weighted by Crippen LogP contribution is -2.20. The van der Waals surface area contributed by atoms with Gasteiger partial charge >= 0.3 is 0 Å². The van der Waals surface area contributed by atoms with Gasteiger partial charge < -0.3 is 0 Å². The van der Waals surface area contributed by atoms with Crippen molar-refractivity contribution in [3.8, 4) is 0 Å². The molecule has 4 nitrogen and oxygen atoms in total. The summed E-state index contributed by atoms with van der Waals surface area (Å²) in [5.41, 5.74) is 1.40. The highest BCUT2D eigenvalue weighted by atomic mass is 79.9. The molecule has 2 aromatic rings. The van der Waals surface area contributed by atoms with Crippen molar-refractivity contribution in [3.05, 3.63) is 63.6 Å². The maximum absolute atomic E-state index is 12.2. The Bertz CT molecular complexity index is 789. The average molecular weight is 402 g/mol. The topological polar surface area (TPSA) is 58.5 Å². The predicted octanol–water partition coefficient (Wildman–Crippen LogP) is 4.20. The van der Waals surface area contributed by atoms with Crippen LogP contribution in [0.25, 0.3) is 0 Å². The molecule has 0 atom stereocenters. The average Bonchev–Trinajstić information content (AvgIpc) is 2.48. The second-order valence-corrected chi connectivity index (χ2v) is 7.48. The van der Waals surface area contributed by atoms with Crippen LogP contribution >= 0.6 is 27.5 Å². The second kappa shape index (κ2) is 7.26. The van der Waals surface area contributed by atoms with Gasteiger partial charge in [0.05, 0.1) is 10.6 Å². The van der Waals surface area contributed by atoms with Crippen molar-refractivity contribution in [2.75, 3.05) is 0 Å². The molecule has 0 heterocycles. The molecule has 0 aromatic heterocycles. The fourth-order valence-electron chi connectivity index (χ4n) is 1.80. The third-order valence-electron chi connectivity index (χ3n) is 2.92. The van der Waals surface area contributed by atoms with Crippen LogP contribution in [0.3, 0.4) is 0 Å². The highest BCUT2D eigenvalue weighted by Crippen LogP contribution is 2.15. The minimum Gasteiger partial charge on any atom is -0.200 e. The van der Waals surface area contributed by atoms with Crippen molar-refractivity contribution in [1.29, 1.82) is 0 Å². The lowest BCUT2D eigenvalue weighted by molar-refractivity contribution is 0.584. The van der Waals surface area contributed by atoms with Gasteiger partial charge in [-0.15, -0.1) is 0 Å². The zero-order valence-electron chi connectivity index (χ0n) is 11.8. The molecule has 0 spiro atoms. The lowest BCUT2D eigenvalue weighted by Gasteiger charge is -2.07. The third kappa shape index (κ3) is 4.32. The smallest absolute Gasteiger partial charge is 0.200 e. The van der Waals surface area contributed by atoms with Gasteiger partial charge in [0.15, 0.2) is 0 Å². The molecule has 0 fully saturated rings. The molecule has 0 unspecified atom stereocenters. The van der Waals surface area contributed by atoms with Crippen LogP contribution in [0.5, 0.6) is 0 Å².